The van der Waals surface area contributed by atoms with E-state index >= 15 is 0 Å². The molecular weight excluding hydrogens is 625 g/mol. The first kappa shape index (κ1) is 32.6. The molecule has 7 atom stereocenters. The van der Waals surface area contributed by atoms with Crippen molar-refractivity contribution in [2.45, 2.75) is 37.4 Å². The molecule has 40 heavy (non-hydrogen) atoms. The Kier molecular flexibility index (Phi) is 10.6. The Bertz CT molecular complexity index is 1430. The number of aliphatic imine (C=N–C) groups is 1. The monoisotopic (exact) mass is 649 g/mol. The van der Waals surface area contributed by atoms with Gasteiger partial charge in [-0.2, -0.15) is 0 Å². The Morgan fingerprint density at radius 2 is 1.90 bits per heavy atom. The van der Waals surface area contributed by atoms with Gasteiger partial charge in [0.1, 0.15) is 29.5 Å². The lowest BCUT2D eigenvalue weighted by Crippen LogP contribution is -2.34. The van der Waals surface area contributed by atoms with Crippen molar-refractivity contribution in [2.24, 2.45) is 16.5 Å². The molecule has 0 aromatic carbocycles. The predicted molar refractivity (Wildman–Crippen MR) is 130 cm³/mol. The lowest BCUT2D eigenvalue weighted by molar-refractivity contribution is -0.250. The fraction of sp³-hybridized carbons (Fsp3) is 0.600. The number of H-pyrrole nitrogens is 1. The van der Waals surface area contributed by atoms with Gasteiger partial charge in [0, 0.05) is 13.1 Å². The van der Waals surface area contributed by atoms with Crippen LogP contribution in [0.2, 0.25) is 0 Å². The van der Waals surface area contributed by atoms with E-state index in [1.54, 1.807) is 0 Å². The van der Waals surface area contributed by atoms with Crippen LogP contribution in [0.4, 0.5) is 5.95 Å². The first-order valence-corrected chi connectivity index (χ1v) is 15.8. The van der Waals surface area contributed by atoms with E-state index in [4.69, 9.17) is 33.3 Å². The number of anilines is 1. The van der Waals surface area contributed by atoms with Crippen LogP contribution in [-0.4, -0.2) is 78.6 Å². The van der Waals surface area contributed by atoms with Gasteiger partial charge in [-0.25, -0.2) is 18.6 Å². The lowest BCUT2D eigenvalue weighted by Gasteiger charge is -2.33. The SMILES string of the molecule is NC(N)=NCCCCNc1nc(=S)c2ncn([C@@H]3O[C@H](COP(=O)([O-])OP(=O)([O-])OP(=O)([O-])O)C(O)[C@@H]3O)c2[nH]1. The third-order valence-corrected chi connectivity index (χ3v) is 9.01. The number of aromatic nitrogens is 4. The number of aliphatic hydroxyl groups is 2. The summed E-state index contributed by atoms with van der Waals surface area (Å²) in [6.07, 6.45) is -3.80. The number of guanidine groups is 1. The van der Waals surface area contributed by atoms with Gasteiger partial charge in [-0.3, -0.25) is 23.3 Å². The second-order valence-corrected chi connectivity index (χ2v) is 12.7. The zero-order valence-electron chi connectivity index (χ0n) is 20.0. The van der Waals surface area contributed by atoms with Crippen molar-refractivity contribution >= 4 is 58.8 Å². The second kappa shape index (κ2) is 13.0. The van der Waals surface area contributed by atoms with Crippen LogP contribution in [0.25, 0.3) is 11.2 Å². The van der Waals surface area contributed by atoms with Crippen molar-refractivity contribution in [3.05, 3.63) is 11.0 Å². The van der Waals surface area contributed by atoms with E-state index in [9.17, 15) is 38.6 Å². The number of nitrogens with one attached hydrogen (secondary N) is 2. The van der Waals surface area contributed by atoms with Gasteiger partial charge >= 0.3 is 0 Å². The van der Waals surface area contributed by atoms with Gasteiger partial charge in [0.2, 0.25) is 5.95 Å². The van der Waals surface area contributed by atoms with Crippen molar-refractivity contribution in [2.75, 3.05) is 25.0 Å². The number of aliphatic hydroxyl groups excluding tert-OH is 2. The minimum absolute atomic E-state index is 0.0122. The van der Waals surface area contributed by atoms with Crippen LogP contribution in [0.1, 0.15) is 19.1 Å². The number of nitrogens with zero attached hydrogens (tertiary/aromatic N) is 4. The molecule has 226 valence electrons. The molecule has 0 radical (unpaired) electrons. The average molecular weight is 649 g/mol. The maximum Gasteiger partial charge on any atom is 0.280 e. The number of rotatable bonds is 14. The number of phosphoric acid groups is 3. The maximum atomic E-state index is 11.8. The van der Waals surface area contributed by atoms with E-state index in [2.05, 4.69) is 38.4 Å². The number of unbranched alkanes of at least 4 members (excludes halogenated alkanes) is 1. The lowest BCUT2D eigenvalue weighted by atomic mass is 10.1. The molecule has 1 saturated heterocycles. The highest BCUT2D eigenvalue weighted by Gasteiger charge is 2.45. The summed E-state index contributed by atoms with van der Waals surface area (Å²) in [7, 11) is -17.9. The number of hydrogen-bond donors (Lipinski definition) is 7. The molecular formula is C15H24N8O13P3S-3. The highest BCUT2D eigenvalue weighted by Crippen LogP contribution is 2.61. The fourth-order valence-corrected chi connectivity index (χ4v) is 6.55. The van der Waals surface area contributed by atoms with E-state index in [1.807, 2.05) is 0 Å². The molecule has 0 aliphatic carbocycles. The largest absolute Gasteiger partial charge is 0.756 e. The Morgan fingerprint density at radius 3 is 2.55 bits per heavy atom. The summed E-state index contributed by atoms with van der Waals surface area (Å²) in [6, 6.07) is 0. The van der Waals surface area contributed by atoms with Gasteiger partial charge in [0.05, 0.1) is 12.9 Å². The number of ether oxygens (including phenoxy) is 1. The number of fused-ring (bicyclic) bond motifs is 1. The third kappa shape index (κ3) is 9.07. The Hall–Kier alpha value is -1.87. The highest BCUT2D eigenvalue weighted by molar-refractivity contribution is 7.71. The maximum absolute atomic E-state index is 11.8. The van der Waals surface area contributed by atoms with Crippen molar-refractivity contribution in [3.63, 3.8) is 0 Å². The summed E-state index contributed by atoms with van der Waals surface area (Å²) in [5.41, 5.74) is 11.0. The van der Waals surface area contributed by atoms with Crippen LogP contribution in [0, 0.1) is 4.64 Å². The van der Waals surface area contributed by atoms with Gasteiger partial charge in [0.15, 0.2) is 16.8 Å². The quantitative estimate of drug-likeness (QED) is 0.0353. The molecule has 1 fully saturated rings. The molecule has 4 unspecified atom stereocenters. The molecule has 25 heteroatoms. The van der Waals surface area contributed by atoms with Crippen LogP contribution in [0.5, 0.6) is 0 Å². The Morgan fingerprint density at radius 1 is 1.20 bits per heavy atom. The van der Waals surface area contributed by atoms with Crippen LogP contribution >= 0.6 is 35.7 Å². The van der Waals surface area contributed by atoms with Crippen molar-refractivity contribution in [1.82, 2.24) is 19.5 Å². The van der Waals surface area contributed by atoms with Crippen molar-refractivity contribution in [3.8, 4) is 0 Å². The first-order valence-electron chi connectivity index (χ1n) is 11.0. The van der Waals surface area contributed by atoms with Crippen LogP contribution in [-0.2, 0) is 31.6 Å². The van der Waals surface area contributed by atoms with E-state index in [0.29, 0.717) is 25.9 Å². The smallest absolute Gasteiger partial charge is 0.280 e. The molecule has 0 spiro atoms. The molecule has 2 aromatic rings. The number of hydrogen-bond acceptors (Lipinski definition) is 17. The van der Waals surface area contributed by atoms with Gasteiger partial charge < -0.3 is 60.8 Å². The van der Waals surface area contributed by atoms with Crippen molar-refractivity contribution < 1.29 is 61.4 Å². The molecule has 3 heterocycles. The Labute approximate surface area is 229 Å². The van der Waals surface area contributed by atoms with Crippen LogP contribution in [0.15, 0.2) is 11.3 Å². The van der Waals surface area contributed by atoms with Gasteiger partial charge in [-0.15, -0.1) is 0 Å². The van der Waals surface area contributed by atoms with Crippen molar-refractivity contribution in [1.29, 1.82) is 0 Å². The minimum atomic E-state index is -6.11. The number of imidazole rings is 1. The van der Waals surface area contributed by atoms with Gasteiger partial charge in [-0.05, 0) is 12.8 Å². The second-order valence-electron chi connectivity index (χ2n) is 8.05. The number of nitrogens with two attached hydrogens (primary N) is 2. The molecule has 1 aliphatic heterocycles. The third-order valence-electron chi connectivity index (χ3n) is 5.03. The summed E-state index contributed by atoms with van der Waals surface area (Å²) in [4.78, 5) is 57.2. The van der Waals surface area contributed by atoms with E-state index < -0.39 is 54.6 Å². The minimum Gasteiger partial charge on any atom is -0.756 e. The first-order chi connectivity index (χ1) is 18.5. The molecule has 0 amide bonds. The predicted octanol–water partition coefficient (Wildman–Crippen LogP) is -2.98. The summed E-state index contributed by atoms with van der Waals surface area (Å²) in [5, 5.41) is 23.9. The summed E-state index contributed by atoms with van der Waals surface area (Å²) >= 11 is 5.26. The Balaban J connectivity index is 1.68. The topological polar surface area (TPSA) is 341 Å². The standard InChI is InChI=1S/C15H27N8O13P3S/c16-14(17)18-3-1-2-4-19-15-21-11-8(12(40)22-15)20-6-23(11)13-10(25)9(24)7(34-13)5-33-38(29,30)36-39(31,32)35-37(26,27)28/h6-7,9-10,13,24-25H,1-5H2,(H,29,30)(H,31,32)(H4,16,17,18)(H2,26,27,28)(H2,19,21,22,40)/p-3/t7-,9?,10+,13-/m1/s1. The van der Waals surface area contributed by atoms with E-state index in [1.165, 1.54) is 10.9 Å². The molecule has 2 aromatic heterocycles. The summed E-state index contributed by atoms with van der Waals surface area (Å²) in [6.45, 7) is -0.186. The van der Waals surface area contributed by atoms with E-state index in [-0.39, 0.29) is 27.7 Å². The molecule has 0 saturated carbocycles. The molecule has 3 rings (SSSR count). The average Bonchev–Trinajstić information content (AvgIpc) is 3.33. The number of phosphoric ester groups is 1. The van der Waals surface area contributed by atoms with E-state index in [0.717, 1.165) is 0 Å². The highest BCUT2D eigenvalue weighted by atomic mass is 32.1. The molecule has 21 nitrogen and oxygen atoms in total. The molecule has 1 aliphatic rings. The van der Waals surface area contributed by atoms with Gasteiger partial charge in [-0.1, -0.05) is 12.2 Å². The normalized spacial score (nSPS) is 25.6. The summed E-state index contributed by atoms with van der Waals surface area (Å²) in [5.74, 6) is 0.232. The zero-order chi connectivity index (χ0) is 29.9. The fourth-order valence-electron chi connectivity index (χ4n) is 3.41. The molecule has 9 N–H and O–H groups in total. The number of aromatic amines is 1. The summed E-state index contributed by atoms with van der Waals surface area (Å²) < 4.78 is 51.5. The molecule has 0 bridgehead atoms. The van der Waals surface area contributed by atoms with Gasteiger partial charge in [0.25, 0.3) is 23.5 Å². The zero-order valence-corrected chi connectivity index (χ0v) is 23.5. The van der Waals surface area contributed by atoms with Crippen LogP contribution in [0.3, 0.4) is 0 Å². The van der Waals surface area contributed by atoms with Crippen LogP contribution < -0.4 is 31.5 Å².